The minimum absolute atomic E-state index is 0.130. The van der Waals surface area contributed by atoms with Crippen molar-refractivity contribution in [2.45, 2.75) is 63.4 Å². The smallest absolute Gasteiger partial charge is 0.303 e. The number of piperidine rings is 1. The maximum Gasteiger partial charge on any atom is 0.303 e. The van der Waals surface area contributed by atoms with Crippen LogP contribution in [-0.2, 0) is 16.0 Å². The van der Waals surface area contributed by atoms with Gasteiger partial charge in [0.2, 0.25) is 0 Å². The van der Waals surface area contributed by atoms with Gasteiger partial charge >= 0.3 is 5.97 Å². The van der Waals surface area contributed by atoms with Gasteiger partial charge in [0, 0.05) is 13.1 Å². The molecule has 0 amide bonds. The van der Waals surface area contributed by atoms with E-state index in [1.54, 1.807) is 6.07 Å². The zero-order valence-corrected chi connectivity index (χ0v) is 16.0. The van der Waals surface area contributed by atoms with E-state index in [1.165, 1.54) is 24.8 Å². The van der Waals surface area contributed by atoms with E-state index in [0.717, 1.165) is 56.8 Å². The Kier molecular flexibility index (Phi) is 5.40. The Labute approximate surface area is 160 Å². The number of hydrogen-bond donors (Lipinski definition) is 1. The molecule has 0 aromatic heterocycles. The summed E-state index contributed by atoms with van der Waals surface area (Å²) >= 11 is 0. The fraction of sp³-hybridized carbons (Fsp3) is 0.682. The Balaban J connectivity index is 1.35. The van der Waals surface area contributed by atoms with Crippen LogP contribution in [0.5, 0.6) is 0 Å². The van der Waals surface area contributed by atoms with Gasteiger partial charge < -0.3 is 14.7 Å². The molecule has 1 spiro atoms. The van der Waals surface area contributed by atoms with Crippen LogP contribution in [0.3, 0.4) is 0 Å². The molecule has 1 aromatic carbocycles. The van der Waals surface area contributed by atoms with Gasteiger partial charge in [-0.1, -0.05) is 25.3 Å². The lowest BCUT2D eigenvalue weighted by Crippen LogP contribution is -2.49. The fourth-order valence-electron chi connectivity index (χ4n) is 4.83. The summed E-state index contributed by atoms with van der Waals surface area (Å²) in [5, 5.41) is 8.95. The van der Waals surface area contributed by atoms with Gasteiger partial charge in [-0.25, -0.2) is 4.39 Å². The molecular formula is C22H30FNO3. The molecule has 2 heterocycles. The molecule has 1 N–H and O–H groups in total. The molecule has 1 atom stereocenters. The van der Waals surface area contributed by atoms with Gasteiger partial charge in [-0.15, -0.1) is 0 Å². The number of carbonyl (C=O) groups is 1. The zero-order chi connectivity index (χ0) is 18.9. The van der Waals surface area contributed by atoms with Crippen LogP contribution in [0.25, 0.3) is 0 Å². The van der Waals surface area contributed by atoms with E-state index in [4.69, 9.17) is 9.84 Å². The Morgan fingerprint density at radius 2 is 1.96 bits per heavy atom. The standard InChI is InChI=1S/C22H30FNO3/c23-19-5-4-17(12-16-2-1-3-16)13-20(19)24-10-8-22(9-11-24)7-6-18(15-27-22)14-21(25)26/h4-5,13,16,18H,1-3,6-12,14-15H2,(H,25,26). The van der Waals surface area contributed by atoms with Crippen molar-refractivity contribution >= 4 is 11.7 Å². The quantitative estimate of drug-likeness (QED) is 0.828. The Morgan fingerprint density at radius 3 is 2.56 bits per heavy atom. The van der Waals surface area contributed by atoms with Crippen molar-refractivity contribution in [2.75, 3.05) is 24.6 Å². The molecule has 0 bridgehead atoms. The third-order valence-corrected chi connectivity index (χ3v) is 6.87. The average Bonchev–Trinajstić information content (AvgIpc) is 2.62. The highest BCUT2D eigenvalue weighted by Gasteiger charge is 2.40. The number of nitrogens with zero attached hydrogens (tertiary/aromatic N) is 1. The summed E-state index contributed by atoms with van der Waals surface area (Å²) in [6, 6.07) is 5.62. The first-order valence-electron chi connectivity index (χ1n) is 10.4. The largest absolute Gasteiger partial charge is 0.481 e. The monoisotopic (exact) mass is 375 g/mol. The van der Waals surface area contributed by atoms with Gasteiger partial charge in [0.05, 0.1) is 24.3 Å². The molecule has 5 heteroatoms. The number of benzene rings is 1. The Morgan fingerprint density at radius 1 is 1.19 bits per heavy atom. The first-order valence-corrected chi connectivity index (χ1v) is 10.4. The minimum atomic E-state index is -0.744. The van der Waals surface area contributed by atoms with Gasteiger partial charge in [0.1, 0.15) is 5.82 Å². The van der Waals surface area contributed by atoms with E-state index < -0.39 is 5.97 Å². The maximum atomic E-state index is 14.5. The lowest BCUT2D eigenvalue weighted by Gasteiger charge is -2.46. The molecule has 1 saturated carbocycles. The maximum absolute atomic E-state index is 14.5. The Bertz CT molecular complexity index is 670. The molecule has 3 aliphatic rings. The first-order chi connectivity index (χ1) is 13.0. The SMILES string of the molecule is O=C(O)CC1CCC2(CCN(c3cc(CC4CCC4)ccc3F)CC2)OC1. The number of ether oxygens (including phenoxy) is 1. The molecule has 1 aromatic rings. The van der Waals surface area contributed by atoms with E-state index in [0.29, 0.717) is 6.61 Å². The summed E-state index contributed by atoms with van der Waals surface area (Å²) in [4.78, 5) is 13.1. The van der Waals surface area contributed by atoms with Crippen molar-refractivity contribution < 1.29 is 19.0 Å². The summed E-state index contributed by atoms with van der Waals surface area (Å²) in [7, 11) is 0. The van der Waals surface area contributed by atoms with Crippen molar-refractivity contribution in [1.82, 2.24) is 0 Å². The molecule has 2 aliphatic heterocycles. The van der Waals surface area contributed by atoms with Crippen LogP contribution in [0.2, 0.25) is 0 Å². The van der Waals surface area contributed by atoms with E-state index in [1.807, 2.05) is 6.07 Å². The highest BCUT2D eigenvalue weighted by Crippen LogP contribution is 2.39. The van der Waals surface area contributed by atoms with Crippen molar-refractivity contribution in [3.8, 4) is 0 Å². The number of hydrogen-bond acceptors (Lipinski definition) is 3. The number of carboxylic acid groups (broad SMARTS) is 1. The second-order valence-corrected chi connectivity index (χ2v) is 8.77. The number of carboxylic acids is 1. The van der Waals surface area contributed by atoms with Gasteiger partial charge in [-0.05, 0) is 61.6 Å². The first kappa shape index (κ1) is 18.7. The summed E-state index contributed by atoms with van der Waals surface area (Å²) < 4.78 is 20.6. The van der Waals surface area contributed by atoms with Gasteiger partial charge in [0.25, 0.3) is 0 Å². The third kappa shape index (κ3) is 4.29. The lowest BCUT2D eigenvalue weighted by molar-refractivity contribution is -0.145. The number of halogens is 1. The number of aliphatic carboxylic acids is 1. The van der Waals surface area contributed by atoms with Gasteiger partial charge in [0.15, 0.2) is 0 Å². The molecule has 4 nitrogen and oxygen atoms in total. The van der Waals surface area contributed by atoms with Crippen LogP contribution in [0.15, 0.2) is 18.2 Å². The molecule has 148 valence electrons. The normalized spacial score (nSPS) is 25.4. The number of anilines is 1. The van der Waals surface area contributed by atoms with Crippen LogP contribution < -0.4 is 4.90 Å². The molecule has 2 saturated heterocycles. The third-order valence-electron chi connectivity index (χ3n) is 6.87. The fourth-order valence-corrected chi connectivity index (χ4v) is 4.83. The van der Waals surface area contributed by atoms with Crippen LogP contribution >= 0.6 is 0 Å². The van der Waals surface area contributed by atoms with Crippen molar-refractivity contribution in [3.05, 3.63) is 29.6 Å². The van der Waals surface area contributed by atoms with Crippen molar-refractivity contribution in [2.24, 2.45) is 11.8 Å². The molecule has 27 heavy (non-hydrogen) atoms. The number of rotatable bonds is 5. The zero-order valence-electron chi connectivity index (χ0n) is 16.0. The predicted molar refractivity (Wildman–Crippen MR) is 103 cm³/mol. The van der Waals surface area contributed by atoms with Crippen LogP contribution in [0.1, 0.15) is 56.9 Å². The van der Waals surface area contributed by atoms with E-state index in [9.17, 15) is 9.18 Å². The molecule has 1 aliphatic carbocycles. The molecule has 0 radical (unpaired) electrons. The summed E-state index contributed by atoms with van der Waals surface area (Å²) in [5.74, 6) is 0.0372. The molecular weight excluding hydrogens is 345 g/mol. The van der Waals surface area contributed by atoms with Crippen LogP contribution in [0.4, 0.5) is 10.1 Å². The summed E-state index contributed by atoms with van der Waals surface area (Å²) in [5.41, 5.74) is 1.86. The van der Waals surface area contributed by atoms with Crippen LogP contribution in [-0.4, -0.2) is 36.4 Å². The molecule has 1 unspecified atom stereocenters. The van der Waals surface area contributed by atoms with Crippen LogP contribution in [0, 0.1) is 17.7 Å². The topological polar surface area (TPSA) is 49.8 Å². The second-order valence-electron chi connectivity index (χ2n) is 8.77. The predicted octanol–water partition coefficient (Wildman–Crippen LogP) is 4.41. The van der Waals surface area contributed by atoms with Crippen molar-refractivity contribution in [1.29, 1.82) is 0 Å². The molecule has 3 fully saturated rings. The highest BCUT2D eigenvalue weighted by molar-refractivity contribution is 5.67. The molecule has 4 rings (SSSR count). The van der Waals surface area contributed by atoms with Crippen molar-refractivity contribution in [3.63, 3.8) is 0 Å². The van der Waals surface area contributed by atoms with E-state index in [2.05, 4.69) is 11.0 Å². The Hall–Kier alpha value is -1.62. The van der Waals surface area contributed by atoms with E-state index in [-0.39, 0.29) is 23.8 Å². The minimum Gasteiger partial charge on any atom is -0.481 e. The average molecular weight is 375 g/mol. The van der Waals surface area contributed by atoms with Gasteiger partial charge in [-0.2, -0.15) is 0 Å². The second kappa shape index (κ2) is 7.78. The van der Waals surface area contributed by atoms with E-state index >= 15 is 0 Å². The summed E-state index contributed by atoms with van der Waals surface area (Å²) in [6.07, 6.45) is 8.82. The summed E-state index contributed by atoms with van der Waals surface area (Å²) in [6.45, 7) is 2.14. The lowest BCUT2D eigenvalue weighted by atomic mass is 9.80. The highest BCUT2D eigenvalue weighted by atomic mass is 19.1. The van der Waals surface area contributed by atoms with Gasteiger partial charge in [-0.3, -0.25) is 4.79 Å².